The van der Waals surface area contributed by atoms with Gasteiger partial charge in [0, 0.05) is 5.02 Å². The van der Waals surface area contributed by atoms with Gasteiger partial charge in [-0.05, 0) is 42.9 Å². The van der Waals surface area contributed by atoms with Gasteiger partial charge >= 0.3 is 0 Å². The monoisotopic (exact) mass is 340 g/mol. The number of nitrogens with zero attached hydrogens (tertiary/aromatic N) is 2. The third kappa shape index (κ3) is 4.38. The SMILES string of the molecule is CCSc1n[nH]c(NC(=O)COc2cc(C)c(Cl)c(C)c2)n1. The summed E-state index contributed by atoms with van der Waals surface area (Å²) in [6.07, 6.45) is 0. The molecule has 1 aromatic heterocycles. The van der Waals surface area contributed by atoms with Crippen LogP contribution in [0.1, 0.15) is 18.1 Å². The Labute approximate surface area is 138 Å². The Morgan fingerprint density at radius 3 is 2.73 bits per heavy atom. The summed E-state index contributed by atoms with van der Waals surface area (Å²) in [6, 6.07) is 3.60. The van der Waals surface area contributed by atoms with Gasteiger partial charge in [0.05, 0.1) is 0 Å². The third-order valence-corrected chi connectivity index (χ3v) is 4.10. The fraction of sp³-hybridized carbons (Fsp3) is 0.357. The standard InChI is InChI=1S/C14H17ClN4O2S/c1-4-22-14-17-13(18-19-14)16-11(20)7-21-10-5-8(2)12(15)9(3)6-10/h5-6H,4,7H2,1-3H3,(H2,16,17,18,19,20). The molecule has 0 aliphatic carbocycles. The molecule has 6 nitrogen and oxygen atoms in total. The van der Waals surface area contributed by atoms with Gasteiger partial charge in [-0.25, -0.2) is 5.10 Å². The van der Waals surface area contributed by atoms with Crippen molar-refractivity contribution >= 4 is 35.2 Å². The van der Waals surface area contributed by atoms with Crippen molar-refractivity contribution in [3.63, 3.8) is 0 Å². The van der Waals surface area contributed by atoms with Crippen molar-refractivity contribution in [2.45, 2.75) is 25.9 Å². The first-order chi connectivity index (χ1) is 10.5. The summed E-state index contributed by atoms with van der Waals surface area (Å²) in [5.74, 6) is 1.47. The van der Waals surface area contributed by atoms with Crippen molar-refractivity contribution in [1.82, 2.24) is 15.2 Å². The lowest BCUT2D eigenvalue weighted by atomic mass is 10.1. The first kappa shape index (κ1) is 16.6. The lowest BCUT2D eigenvalue weighted by molar-refractivity contribution is -0.118. The van der Waals surface area contributed by atoms with Gasteiger partial charge in [0.25, 0.3) is 5.91 Å². The van der Waals surface area contributed by atoms with Gasteiger partial charge in [-0.15, -0.1) is 5.10 Å². The van der Waals surface area contributed by atoms with Crippen LogP contribution in [-0.2, 0) is 4.79 Å². The largest absolute Gasteiger partial charge is 0.484 e. The highest BCUT2D eigenvalue weighted by molar-refractivity contribution is 7.99. The molecule has 0 spiro atoms. The normalized spacial score (nSPS) is 10.5. The van der Waals surface area contributed by atoms with Crippen molar-refractivity contribution < 1.29 is 9.53 Å². The highest BCUT2D eigenvalue weighted by atomic mass is 35.5. The summed E-state index contributed by atoms with van der Waals surface area (Å²) in [5.41, 5.74) is 1.82. The van der Waals surface area contributed by atoms with E-state index in [1.807, 2.05) is 20.8 Å². The van der Waals surface area contributed by atoms with E-state index in [9.17, 15) is 4.79 Å². The van der Waals surface area contributed by atoms with Crippen LogP contribution in [0.15, 0.2) is 17.3 Å². The summed E-state index contributed by atoms with van der Waals surface area (Å²) in [5, 5.41) is 10.5. The second kappa shape index (κ2) is 7.51. The summed E-state index contributed by atoms with van der Waals surface area (Å²) < 4.78 is 5.47. The Morgan fingerprint density at radius 2 is 2.09 bits per heavy atom. The molecule has 2 aromatic rings. The van der Waals surface area contributed by atoms with Crippen LogP contribution in [-0.4, -0.2) is 33.4 Å². The van der Waals surface area contributed by atoms with Crippen molar-refractivity contribution in [2.75, 3.05) is 17.7 Å². The summed E-state index contributed by atoms with van der Waals surface area (Å²) in [4.78, 5) is 16.0. The Morgan fingerprint density at radius 1 is 1.41 bits per heavy atom. The van der Waals surface area contributed by atoms with Crippen LogP contribution >= 0.6 is 23.4 Å². The number of hydrogen-bond acceptors (Lipinski definition) is 5. The minimum Gasteiger partial charge on any atom is -0.484 e. The van der Waals surface area contributed by atoms with E-state index >= 15 is 0 Å². The first-order valence-corrected chi connectivity index (χ1v) is 8.10. The second-order valence-electron chi connectivity index (χ2n) is 4.61. The van der Waals surface area contributed by atoms with Crippen molar-refractivity contribution in [2.24, 2.45) is 0 Å². The average Bonchev–Trinajstić information content (AvgIpc) is 2.90. The number of anilines is 1. The minimum absolute atomic E-state index is 0.114. The predicted molar refractivity (Wildman–Crippen MR) is 87.8 cm³/mol. The molecule has 0 radical (unpaired) electrons. The predicted octanol–water partition coefficient (Wildman–Crippen LogP) is 3.20. The summed E-state index contributed by atoms with van der Waals surface area (Å²) >= 11 is 7.58. The number of halogens is 1. The topological polar surface area (TPSA) is 79.9 Å². The quantitative estimate of drug-likeness (QED) is 0.789. The molecule has 22 heavy (non-hydrogen) atoms. The number of aryl methyl sites for hydroxylation is 2. The number of benzene rings is 1. The van der Waals surface area contributed by atoms with Gasteiger partial charge < -0.3 is 4.74 Å². The number of aromatic nitrogens is 3. The Kier molecular flexibility index (Phi) is 5.68. The van der Waals surface area contributed by atoms with Crippen LogP contribution in [0.4, 0.5) is 5.95 Å². The molecule has 8 heteroatoms. The fourth-order valence-electron chi connectivity index (χ4n) is 1.80. The van der Waals surface area contributed by atoms with E-state index in [0.29, 0.717) is 21.9 Å². The van der Waals surface area contributed by atoms with E-state index in [0.717, 1.165) is 16.9 Å². The zero-order valence-electron chi connectivity index (χ0n) is 12.6. The molecule has 2 N–H and O–H groups in total. The number of ether oxygens (including phenoxy) is 1. The van der Waals surface area contributed by atoms with Crippen LogP contribution in [0.3, 0.4) is 0 Å². The Balaban J connectivity index is 1.89. The van der Waals surface area contributed by atoms with E-state index in [2.05, 4.69) is 20.5 Å². The van der Waals surface area contributed by atoms with Gasteiger partial charge in [-0.2, -0.15) is 4.98 Å². The maximum Gasteiger partial charge on any atom is 0.264 e. The van der Waals surface area contributed by atoms with E-state index in [1.54, 1.807) is 12.1 Å². The lowest BCUT2D eigenvalue weighted by Gasteiger charge is -2.09. The molecular formula is C14H17ClN4O2S. The second-order valence-corrected chi connectivity index (χ2v) is 6.22. The number of H-pyrrole nitrogens is 1. The van der Waals surface area contributed by atoms with Crippen LogP contribution in [0, 0.1) is 13.8 Å². The van der Waals surface area contributed by atoms with Gasteiger partial charge in [-0.1, -0.05) is 30.3 Å². The highest BCUT2D eigenvalue weighted by Gasteiger charge is 2.09. The van der Waals surface area contributed by atoms with E-state index in [1.165, 1.54) is 11.8 Å². The molecule has 0 saturated carbocycles. The number of carbonyl (C=O) groups excluding carboxylic acids is 1. The third-order valence-electron chi connectivity index (χ3n) is 2.78. The molecule has 1 aromatic carbocycles. The summed E-state index contributed by atoms with van der Waals surface area (Å²) in [7, 11) is 0. The molecule has 0 unspecified atom stereocenters. The maximum atomic E-state index is 11.8. The number of amides is 1. The van der Waals surface area contributed by atoms with Gasteiger partial charge in [0.15, 0.2) is 6.61 Å². The zero-order chi connectivity index (χ0) is 16.1. The number of nitrogens with one attached hydrogen (secondary N) is 2. The molecule has 0 aliphatic heterocycles. The number of hydrogen-bond donors (Lipinski definition) is 2. The molecule has 0 atom stereocenters. The molecule has 0 bridgehead atoms. The highest BCUT2D eigenvalue weighted by Crippen LogP contribution is 2.25. The molecule has 2 rings (SSSR count). The van der Waals surface area contributed by atoms with E-state index in [-0.39, 0.29) is 12.5 Å². The average molecular weight is 341 g/mol. The first-order valence-electron chi connectivity index (χ1n) is 6.74. The van der Waals surface area contributed by atoms with E-state index < -0.39 is 0 Å². The molecule has 0 fully saturated rings. The smallest absolute Gasteiger partial charge is 0.264 e. The van der Waals surface area contributed by atoms with Gasteiger partial charge in [0.2, 0.25) is 11.1 Å². The number of aromatic amines is 1. The zero-order valence-corrected chi connectivity index (χ0v) is 14.1. The van der Waals surface area contributed by atoms with Crippen LogP contribution in [0.5, 0.6) is 5.75 Å². The summed E-state index contributed by atoms with van der Waals surface area (Å²) in [6.45, 7) is 5.67. The lowest BCUT2D eigenvalue weighted by Crippen LogP contribution is -2.21. The molecule has 0 aliphatic rings. The number of rotatable bonds is 6. The molecule has 118 valence electrons. The van der Waals surface area contributed by atoms with Crippen LogP contribution in [0.2, 0.25) is 5.02 Å². The van der Waals surface area contributed by atoms with Crippen LogP contribution in [0.25, 0.3) is 0 Å². The van der Waals surface area contributed by atoms with Gasteiger partial charge in [0.1, 0.15) is 5.75 Å². The Hall–Kier alpha value is -1.73. The molecular weight excluding hydrogens is 324 g/mol. The molecule has 0 saturated heterocycles. The molecule has 1 amide bonds. The minimum atomic E-state index is -0.311. The number of thioether (sulfide) groups is 1. The van der Waals surface area contributed by atoms with Crippen molar-refractivity contribution in [3.8, 4) is 5.75 Å². The maximum absolute atomic E-state index is 11.8. The number of carbonyl (C=O) groups is 1. The van der Waals surface area contributed by atoms with Gasteiger partial charge in [-0.3, -0.25) is 10.1 Å². The van der Waals surface area contributed by atoms with Crippen LogP contribution < -0.4 is 10.1 Å². The molecule has 1 heterocycles. The van der Waals surface area contributed by atoms with Crippen molar-refractivity contribution in [1.29, 1.82) is 0 Å². The fourth-order valence-corrected chi connectivity index (χ4v) is 2.44. The van der Waals surface area contributed by atoms with Crippen molar-refractivity contribution in [3.05, 3.63) is 28.3 Å². The Bertz CT molecular complexity index is 652. The van der Waals surface area contributed by atoms with E-state index in [4.69, 9.17) is 16.3 Å².